The highest BCUT2D eigenvalue weighted by atomic mass is 15.3. The van der Waals surface area contributed by atoms with Crippen LogP contribution in [0, 0.1) is 5.92 Å². The van der Waals surface area contributed by atoms with E-state index < -0.39 is 0 Å². The van der Waals surface area contributed by atoms with Gasteiger partial charge in [-0.15, -0.1) is 0 Å². The number of nitrogens with one attached hydrogen (secondary N) is 1. The lowest BCUT2D eigenvalue weighted by atomic mass is 10.0. The highest BCUT2D eigenvalue weighted by molar-refractivity contribution is 4.97. The molecule has 0 radical (unpaired) electrons. The van der Waals surface area contributed by atoms with Crippen LogP contribution < -0.4 is 5.32 Å². The van der Waals surface area contributed by atoms with E-state index in [2.05, 4.69) is 29.2 Å². The van der Waals surface area contributed by atoms with Gasteiger partial charge in [0, 0.05) is 6.54 Å². The third kappa shape index (κ3) is 2.61. The summed E-state index contributed by atoms with van der Waals surface area (Å²) in [5.74, 6) is 1.87. The van der Waals surface area contributed by atoms with Crippen molar-refractivity contribution in [3.05, 3.63) is 12.2 Å². The second kappa shape index (κ2) is 5.43. The van der Waals surface area contributed by atoms with Crippen LogP contribution in [0.25, 0.3) is 0 Å². The topological polar surface area (TPSA) is 42.7 Å². The zero-order valence-electron chi connectivity index (χ0n) is 10.3. The van der Waals surface area contributed by atoms with E-state index in [0.717, 1.165) is 24.8 Å². The lowest BCUT2D eigenvalue weighted by Crippen LogP contribution is -2.31. The summed E-state index contributed by atoms with van der Waals surface area (Å²) in [6, 6.07) is 0.413. The quantitative estimate of drug-likeness (QED) is 0.830. The average Bonchev–Trinajstić information content (AvgIpc) is 2.75. The molecule has 0 bridgehead atoms. The van der Waals surface area contributed by atoms with E-state index >= 15 is 0 Å². The van der Waals surface area contributed by atoms with Crippen molar-refractivity contribution in [1.82, 2.24) is 20.1 Å². The minimum absolute atomic E-state index is 0.413. The maximum atomic E-state index is 4.35. The molecule has 16 heavy (non-hydrogen) atoms. The Morgan fingerprint density at radius 3 is 3.31 bits per heavy atom. The van der Waals surface area contributed by atoms with Crippen LogP contribution in [-0.4, -0.2) is 21.3 Å². The van der Waals surface area contributed by atoms with Gasteiger partial charge in [-0.25, -0.2) is 9.67 Å². The zero-order valence-corrected chi connectivity index (χ0v) is 10.3. The summed E-state index contributed by atoms with van der Waals surface area (Å²) >= 11 is 0. The van der Waals surface area contributed by atoms with Crippen LogP contribution in [0.3, 0.4) is 0 Å². The molecular weight excluding hydrogens is 200 g/mol. The Morgan fingerprint density at radius 1 is 1.62 bits per heavy atom. The lowest BCUT2D eigenvalue weighted by molar-refractivity contribution is 0.344. The standard InChI is InChI=1S/C12H22N4/c1-3-5-10(2)8-13-11-6-4-7-16-12(11)14-9-15-16/h9-11,13H,3-8H2,1-2H3. The second-order valence-electron chi connectivity index (χ2n) is 4.84. The van der Waals surface area contributed by atoms with Gasteiger partial charge in [-0.2, -0.15) is 5.10 Å². The maximum absolute atomic E-state index is 4.35. The van der Waals surface area contributed by atoms with Crippen molar-refractivity contribution < 1.29 is 0 Å². The van der Waals surface area contributed by atoms with E-state index in [1.807, 2.05) is 4.68 Å². The second-order valence-corrected chi connectivity index (χ2v) is 4.84. The summed E-state index contributed by atoms with van der Waals surface area (Å²) in [6.07, 6.45) is 6.63. The van der Waals surface area contributed by atoms with Crippen molar-refractivity contribution in [3.63, 3.8) is 0 Å². The molecule has 0 amide bonds. The summed E-state index contributed by atoms with van der Waals surface area (Å²) in [7, 11) is 0. The molecule has 1 N–H and O–H groups in total. The highest BCUT2D eigenvalue weighted by Gasteiger charge is 2.21. The van der Waals surface area contributed by atoms with E-state index in [-0.39, 0.29) is 0 Å². The molecule has 0 saturated carbocycles. The molecule has 90 valence electrons. The summed E-state index contributed by atoms with van der Waals surface area (Å²) in [4.78, 5) is 4.35. The number of rotatable bonds is 5. The first kappa shape index (κ1) is 11.6. The van der Waals surface area contributed by atoms with E-state index in [0.29, 0.717) is 6.04 Å². The van der Waals surface area contributed by atoms with E-state index in [1.165, 1.54) is 25.7 Å². The van der Waals surface area contributed by atoms with Crippen molar-refractivity contribution in [3.8, 4) is 0 Å². The Labute approximate surface area is 97.5 Å². The van der Waals surface area contributed by atoms with Gasteiger partial charge in [0.15, 0.2) is 0 Å². The van der Waals surface area contributed by atoms with Gasteiger partial charge in [-0.1, -0.05) is 20.3 Å². The van der Waals surface area contributed by atoms with Crippen LogP contribution in [0.5, 0.6) is 0 Å². The molecule has 4 nitrogen and oxygen atoms in total. The number of hydrogen-bond donors (Lipinski definition) is 1. The molecule has 2 rings (SSSR count). The summed E-state index contributed by atoms with van der Waals surface area (Å²) < 4.78 is 2.03. The Balaban J connectivity index is 1.88. The molecule has 4 heteroatoms. The molecule has 2 heterocycles. The fraction of sp³-hybridized carbons (Fsp3) is 0.833. The molecule has 2 unspecified atom stereocenters. The van der Waals surface area contributed by atoms with Crippen LogP contribution in [0.15, 0.2) is 6.33 Å². The first-order valence-electron chi connectivity index (χ1n) is 6.42. The number of nitrogens with zero attached hydrogens (tertiary/aromatic N) is 3. The summed E-state index contributed by atoms with van der Waals surface area (Å²) in [5.41, 5.74) is 0. The minimum Gasteiger partial charge on any atom is -0.307 e. The molecule has 1 aromatic rings. The first-order valence-corrected chi connectivity index (χ1v) is 6.42. The van der Waals surface area contributed by atoms with Crippen LogP contribution in [0.4, 0.5) is 0 Å². The molecule has 1 aromatic heterocycles. The van der Waals surface area contributed by atoms with Gasteiger partial charge in [0.05, 0.1) is 6.04 Å². The summed E-state index contributed by atoms with van der Waals surface area (Å²) in [6.45, 7) is 6.67. The van der Waals surface area contributed by atoms with Gasteiger partial charge in [-0.05, 0) is 31.7 Å². The lowest BCUT2D eigenvalue weighted by Gasteiger charge is -2.24. The number of hydrogen-bond acceptors (Lipinski definition) is 3. The first-order chi connectivity index (χ1) is 7.81. The van der Waals surface area contributed by atoms with Gasteiger partial charge >= 0.3 is 0 Å². The van der Waals surface area contributed by atoms with Crippen molar-refractivity contribution in [2.24, 2.45) is 5.92 Å². The fourth-order valence-corrected chi connectivity index (χ4v) is 2.42. The van der Waals surface area contributed by atoms with Crippen molar-refractivity contribution >= 4 is 0 Å². The Bertz CT molecular complexity index is 321. The minimum atomic E-state index is 0.413. The smallest absolute Gasteiger partial charge is 0.143 e. The zero-order chi connectivity index (χ0) is 11.4. The molecule has 0 spiro atoms. The summed E-state index contributed by atoms with van der Waals surface area (Å²) in [5, 5.41) is 7.86. The highest BCUT2D eigenvalue weighted by Crippen LogP contribution is 2.22. The van der Waals surface area contributed by atoms with E-state index in [4.69, 9.17) is 0 Å². The van der Waals surface area contributed by atoms with Gasteiger partial charge < -0.3 is 5.32 Å². The number of fused-ring (bicyclic) bond motifs is 1. The molecular formula is C12H22N4. The predicted molar refractivity (Wildman–Crippen MR) is 64.1 cm³/mol. The normalized spacial score (nSPS) is 21.8. The number of aromatic nitrogens is 3. The Kier molecular flexibility index (Phi) is 3.93. The van der Waals surface area contributed by atoms with Crippen LogP contribution in [0.1, 0.15) is 51.4 Å². The van der Waals surface area contributed by atoms with Crippen LogP contribution in [-0.2, 0) is 6.54 Å². The largest absolute Gasteiger partial charge is 0.307 e. The molecule has 0 aliphatic carbocycles. The average molecular weight is 222 g/mol. The molecule has 0 aromatic carbocycles. The Hall–Kier alpha value is -0.900. The van der Waals surface area contributed by atoms with Gasteiger partial charge in [0.2, 0.25) is 0 Å². The van der Waals surface area contributed by atoms with Crippen molar-refractivity contribution in [1.29, 1.82) is 0 Å². The molecule has 1 aliphatic rings. The molecule has 0 fully saturated rings. The monoisotopic (exact) mass is 222 g/mol. The third-order valence-corrected chi connectivity index (χ3v) is 3.31. The van der Waals surface area contributed by atoms with Gasteiger partial charge in [0.1, 0.15) is 12.2 Å². The van der Waals surface area contributed by atoms with Gasteiger partial charge in [-0.3, -0.25) is 0 Å². The van der Waals surface area contributed by atoms with Crippen molar-refractivity contribution in [2.75, 3.05) is 6.54 Å². The molecule has 2 atom stereocenters. The Morgan fingerprint density at radius 2 is 2.50 bits per heavy atom. The van der Waals surface area contributed by atoms with Gasteiger partial charge in [0.25, 0.3) is 0 Å². The van der Waals surface area contributed by atoms with E-state index in [1.54, 1.807) is 6.33 Å². The fourth-order valence-electron chi connectivity index (χ4n) is 2.42. The SMILES string of the molecule is CCCC(C)CNC1CCCn2ncnc21. The van der Waals surface area contributed by atoms with Crippen LogP contribution in [0.2, 0.25) is 0 Å². The van der Waals surface area contributed by atoms with E-state index in [9.17, 15) is 0 Å². The third-order valence-electron chi connectivity index (χ3n) is 3.31. The van der Waals surface area contributed by atoms with Crippen molar-refractivity contribution in [2.45, 2.75) is 52.1 Å². The predicted octanol–water partition coefficient (Wildman–Crippen LogP) is 2.14. The van der Waals surface area contributed by atoms with Crippen LogP contribution >= 0.6 is 0 Å². The number of aryl methyl sites for hydroxylation is 1. The maximum Gasteiger partial charge on any atom is 0.143 e. The molecule has 1 aliphatic heterocycles. The molecule has 0 saturated heterocycles.